The lowest BCUT2D eigenvalue weighted by Crippen LogP contribution is -2.58. The molecule has 1 N–H and O–H groups in total. The Kier molecular flexibility index (Phi) is 10.7. The minimum Gasteiger partial charge on any atom is -0.444 e. The fourth-order valence-electron chi connectivity index (χ4n) is 5.23. The second kappa shape index (κ2) is 14.0. The molecule has 0 spiro atoms. The van der Waals surface area contributed by atoms with Crippen LogP contribution >= 0.6 is 23.5 Å². The molecule has 0 aromatic carbocycles. The number of hydrogen-bond acceptors (Lipinski definition) is 8. The Morgan fingerprint density at radius 2 is 1.87 bits per heavy atom. The van der Waals surface area contributed by atoms with E-state index < -0.39 is 23.8 Å². The van der Waals surface area contributed by atoms with Gasteiger partial charge in [-0.05, 0) is 57.4 Å². The van der Waals surface area contributed by atoms with Crippen LogP contribution in [0.5, 0.6) is 0 Å². The normalized spacial score (nSPS) is 21.5. The number of carbonyl (C=O) groups is 3. The van der Waals surface area contributed by atoms with E-state index >= 15 is 0 Å². The Labute approximate surface area is 241 Å². The van der Waals surface area contributed by atoms with E-state index in [1.807, 2.05) is 43.9 Å². The summed E-state index contributed by atoms with van der Waals surface area (Å²) >= 11 is 3.29. The summed E-state index contributed by atoms with van der Waals surface area (Å²) in [4.78, 5) is 49.9. The number of nitrogens with zero attached hydrogens (tertiary/aromatic N) is 4. The van der Waals surface area contributed by atoms with Gasteiger partial charge in [0.15, 0.2) is 0 Å². The molecule has 2 unspecified atom stereocenters. The van der Waals surface area contributed by atoms with E-state index in [4.69, 9.17) is 4.74 Å². The van der Waals surface area contributed by atoms with Crippen molar-refractivity contribution in [3.05, 3.63) is 24.4 Å². The summed E-state index contributed by atoms with van der Waals surface area (Å²) in [6.45, 7) is 8.00. The minimum atomic E-state index is -0.649. The standard InChI is InChI=1S/C28H43N5O4S2/c1-28(2,3)37-27(36)33-20-39-19-23(33)25(34)30-22(18-38-17-21-9-5-4-6-10-21)26(35)32-15-13-31(14-16-32)24-11-7-8-12-29-24/h7-8,11-12,21-23H,4-6,9-10,13-20H2,1-3H3,(H,30,34). The highest BCUT2D eigenvalue weighted by Crippen LogP contribution is 2.28. The maximum absolute atomic E-state index is 13.7. The first-order chi connectivity index (χ1) is 18.7. The second-order valence-corrected chi connectivity index (χ2v) is 13.6. The Morgan fingerprint density at radius 3 is 2.54 bits per heavy atom. The smallest absolute Gasteiger partial charge is 0.411 e. The Morgan fingerprint density at radius 1 is 1.13 bits per heavy atom. The van der Waals surface area contributed by atoms with Crippen LogP contribution in [-0.2, 0) is 14.3 Å². The van der Waals surface area contributed by atoms with Gasteiger partial charge in [0.05, 0.1) is 5.88 Å². The topological polar surface area (TPSA) is 95.1 Å². The van der Waals surface area contributed by atoms with Crippen LogP contribution in [0.15, 0.2) is 24.4 Å². The Balaban J connectivity index is 1.38. The number of ether oxygens (including phenoxy) is 1. The highest BCUT2D eigenvalue weighted by molar-refractivity contribution is 7.99. The maximum atomic E-state index is 13.7. The first-order valence-electron chi connectivity index (χ1n) is 14.1. The van der Waals surface area contributed by atoms with Crippen LogP contribution in [0.3, 0.4) is 0 Å². The van der Waals surface area contributed by atoms with Gasteiger partial charge in [-0.25, -0.2) is 9.78 Å². The first kappa shape index (κ1) is 29.8. The van der Waals surface area contributed by atoms with Crippen LogP contribution in [0.1, 0.15) is 52.9 Å². The van der Waals surface area contributed by atoms with Gasteiger partial charge in [0.2, 0.25) is 11.8 Å². The predicted octanol–water partition coefficient (Wildman–Crippen LogP) is 3.84. The molecule has 2 saturated heterocycles. The molecule has 11 heteroatoms. The number of rotatable bonds is 8. The third-order valence-electron chi connectivity index (χ3n) is 7.35. The summed E-state index contributed by atoms with van der Waals surface area (Å²) in [5.74, 6) is 3.71. The molecule has 2 atom stereocenters. The van der Waals surface area contributed by atoms with Gasteiger partial charge in [-0.2, -0.15) is 11.8 Å². The number of nitrogens with one attached hydrogen (secondary N) is 1. The molecule has 1 aliphatic carbocycles. The van der Waals surface area contributed by atoms with E-state index in [0.717, 1.165) is 11.6 Å². The minimum absolute atomic E-state index is 0.0466. The average Bonchev–Trinajstić information content (AvgIpc) is 3.43. The van der Waals surface area contributed by atoms with E-state index in [1.165, 1.54) is 48.8 Å². The number of pyridine rings is 1. The quantitative estimate of drug-likeness (QED) is 0.498. The van der Waals surface area contributed by atoms with Crippen molar-refractivity contribution >= 4 is 47.2 Å². The van der Waals surface area contributed by atoms with Crippen LogP contribution in [0.25, 0.3) is 0 Å². The zero-order chi connectivity index (χ0) is 27.8. The summed E-state index contributed by atoms with van der Waals surface area (Å²) in [5, 5.41) is 3.04. The molecular formula is C28H43N5O4S2. The van der Waals surface area contributed by atoms with Crippen molar-refractivity contribution in [3.8, 4) is 0 Å². The van der Waals surface area contributed by atoms with Gasteiger partial charge in [-0.3, -0.25) is 14.5 Å². The van der Waals surface area contributed by atoms with Gasteiger partial charge in [-0.1, -0.05) is 25.3 Å². The molecular weight excluding hydrogens is 534 g/mol. The number of aromatic nitrogens is 1. The fourth-order valence-corrected chi connectivity index (χ4v) is 7.63. The van der Waals surface area contributed by atoms with Gasteiger partial charge in [-0.15, -0.1) is 11.8 Å². The third kappa shape index (κ3) is 8.67. The van der Waals surface area contributed by atoms with Crippen molar-refractivity contribution in [2.45, 2.75) is 70.6 Å². The van der Waals surface area contributed by atoms with Gasteiger partial charge in [0.1, 0.15) is 23.5 Å². The predicted molar refractivity (Wildman–Crippen MR) is 158 cm³/mol. The summed E-state index contributed by atoms with van der Waals surface area (Å²) in [5.41, 5.74) is -0.642. The molecule has 0 bridgehead atoms. The molecule has 0 radical (unpaired) electrons. The molecule has 3 aliphatic rings. The lowest BCUT2D eigenvalue weighted by molar-refractivity contribution is -0.137. The van der Waals surface area contributed by atoms with Gasteiger partial charge >= 0.3 is 6.09 Å². The lowest BCUT2D eigenvalue weighted by atomic mass is 9.91. The van der Waals surface area contributed by atoms with Crippen molar-refractivity contribution in [1.82, 2.24) is 20.1 Å². The number of hydrogen-bond donors (Lipinski definition) is 1. The monoisotopic (exact) mass is 577 g/mol. The molecule has 1 aromatic rings. The summed E-state index contributed by atoms with van der Waals surface area (Å²) in [7, 11) is 0. The van der Waals surface area contributed by atoms with Crippen LogP contribution < -0.4 is 10.2 Å². The molecule has 3 heterocycles. The van der Waals surface area contributed by atoms with Crippen molar-refractivity contribution in [2.75, 3.05) is 54.2 Å². The van der Waals surface area contributed by atoms with E-state index in [2.05, 4.69) is 15.2 Å². The molecule has 39 heavy (non-hydrogen) atoms. The molecule has 4 rings (SSSR count). The number of carbonyl (C=O) groups excluding carboxylic acids is 3. The highest BCUT2D eigenvalue weighted by atomic mass is 32.2. The van der Waals surface area contributed by atoms with E-state index in [9.17, 15) is 14.4 Å². The molecule has 3 amide bonds. The van der Waals surface area contributed by atoms with Crippen molar-refractivity contribution in [3.63, 3.8) is 0 Å². The second-order valence-electron chi connectivity index (χ2n) is 11.6. The lowest BCUT2D eigenvalue weighted by Gasteiger charge is -2.37. The van der Waals surface area contributed by atoms with E-state index in [0.29, 0.717) is 49.5 Å². The number of amides is 3. The number of anilines is 1. The Hall–Kier alpha value is -2.14. The third-order valence-corrected chi connectivity index (χ3v) is 9.64. The zero-order valence-electron chi connectivity index (χ0n) is 23.5. The van der Waals surface area contributed by atoms with Crippen molar-refractivity contribution in [2.24, 2.45) is 5.92 Å². The summed E-state index contributed by atoms with van der Waals surface area (Å²) in [6.07, 6.45) is 7.66. The largest absolute Gasteiger partial charge is 0.444 e. The Bertz CT molecular complexity index is 962. The fraction of sp³-hybridized carbons (Fsp3) is 0.714. The average molecular weight is 578 g/mol. The maximum Gasteiger partial charge on any atom is 0.411 e. The SMILES string of the molecule is CC(C)(C)OC(=O)N1CSCC1C(=O)NC(CSCC1CCCCC1)C(=O)N1CCN(c2ccccn2)CC1. The van der Waals surface area contributed by atoms with Crippen LogP contribution in [-0.4, -0.2) is 99.7 Å². The number of thioether (sulfide) groups is 2. The molecule has 1 aromatic heterocycles. The molecule has 2 aliphatic heterocycles. The van der Waals surface area contributed by atoms with Gasteiger partial charge < -0.3 is 19.9 Å². The van der Waals surface area contributed by atoms with Crippen LogP contribution in [0, 0.1) is 5.92 Å². The van der Waals surface area contributed by atoms with Gasteiger partial charge in [0, 0.05) is 43.9 Å². The molecule has 9 nitrogen and oxygen atoms in total. The molecule has 1 saturated carbocycles. The zero-order valence-corrected chi connectivity index (χ0v) is 25.1. The highest BCUT2D eigenvalue weighted by Gasteiger charge is 2.39. The summed E-state index contributed by atoms with van der Waals surface area (Å²) < 4.78 is 5.53. The number of piperazine rings is 1. The molecule has 3 fully saturated rings. The van der Waals surface area contributed by atoms with E-state index in [1.54, 1.807) is 18.0 Å². The van der Waals surface area contributed by atoms with Crippen LogP contribution in [0.2, 0.25) is 0 Å². The first-order valence-corrected chi connectivity index (χ1v) is 16.4. The van der Waals surface area contributed by atoms with Crippen molar-refractivity contribution < 1.29 is 19.1 Å². The van der Waals surface area contributed by atoms with E-state index in [-0.39, 0.29) is 11.8 Å². The summed E-state index contributed by atoms with van der Waals surface area (Å²) in [6, 6.07) is 4.58. The van der Waals surface area contributed by atoms with Gasteiger partial charge in [0.25, 0.3) is 0 Å². The van der Waals surface area contributed by atoms with Crippen LogP contribution in [0.4, 0.5) is 10.6 Å². The van der Waals surface area contributed by atoms with Crippen molar-refractivity contribution in [1.29, 1.82) is 0 Å². The molecule has 216 valence electrons.